The van der Waals surface area contributed by atoms with Gasteiger partial charge in [-0.1, -0.05) is 18.5 Å². The van der Waals surface area contributed by atoms with E-state index in [0.717, 1.165) is 16.8 Å². The van der Waals surface area contributed by atoms with E-state index in [0.29, 0.717) is 18.6 Å². The van der Waals surface area contributed by atoms with Crippen LogP contribution in [0.2, 0.25) is 4.34 Å². The number of nitrogens with zero attached hydrogens (tertiary/aromatic N) is 1. The van der Waals surface area contributed by atoms with Crippen molar-refractivity contribution in [2.24, 2.45) is 11.7 Å². The second-order valence-electron chi connectivity index (χ2n) is 4.99. The Bertz CT molecular complexity index is 366. The van der Waals surface area contributed by atoms with Gasteiger partial charge in [0.1, 0.15) is 0 Å². The predicted molar refractivity (Wildman–Crippen MR) is 75.7 cm³/mol. The molecule has 3 atom stereocenters. The van der Waals surface area contributed by atoms with Gasteiger partial charge < -0.3 is 5.73 Å². The maximum atomic E-state index is 6.02. The highest BCUT2D eigenvalue weighted by molar-refractivity contribution is 7.16. The van der Waals surface area contributed by atoms with Crippen LogP contribution in [0.4, 0.5) is 0 Å². The van der Waals surface area contributed by atoms with Gasteiger partial charge in [0.05, 0.1) is 10.4 Å². The van der Waals surface area contributed by atoms with Crippen LogP contribution in [0.25, 0.3) is 0 Å². The number of thiophene rings is 1. The first kappa shape index (κ1) is 13.3. The van der Waals surface area contributed by atoms with E-state index in [2.05, 4.69) is 24.8 Å². The molecule has 1 aliphatic rings. The maximum absolute atomic E-state index is 6.02. The molecule has 0 spiro atoms. The number of nitrogens with two attached hydrogens (primary N) is 1. The highest BCUT2D eigenvalue weighted by Gasteiger charge is 2.30. The molecule has 2 N–H and O–H groups in total. The molecule has 0 saturated carbocycles. The lowest BCUT2D eigenvalue weighted by Crippen LogP contribution is -2.46. The highest BCUT2D eigenvalue weighted by atomic mass is 35.5. The summed E-state index contributed by atoms with van der Waals surface area (Å²) in [5, 5.41) is 0. The summed E-state index contributed by atoms with van der Waals surface area (Å²) >= 11 is 7.69. The molecule has 0 aliphatic carbocycles. The van der Waals surface area contributed by atoms with E-state index in [4.69, 9.17) is 17.3 Å². The maximum Gasteiger partial charge on any atom is 0.0931 e. The quantitative estimate of drug-likeness (QED) is 0.912. The first-order chi connectivity index (χ1) is 8.13. The summed E-state index contributed by atoms with van der Waals surface area (Å²) in [5.41, 5.74) is 5.97. The molecule has 2 rings (SSSR count). The molecule has 1 saturated heterocycles. The molecule has 1 fully saturated rings. The number of piperidine rings is 1. The van der Waals surface area contributed by atoms with E-state index in [1.165, 1.54) is 17.7 Å². The first-order valence-corrected chi connectivity index (χ1v) is 7.54. The number of hydrogen-bond acceptors (Lipinski definition) is 3. The van der Waals surface area contributed by atoms with Gasteiger partial charge in [0.15, 0.2) is 0 Å². The standard InChI is InChI=1S/C13H21ClN2S/c1-9-4-3-7-16(10(9)2)11(8-15)12-5-6-13(14)17-12/h5-6,9-11H,3-4,7-8,15H2,1-2H3. The molecule has 2 nitrogen and oxygen atoms in total. The fraction of sp³-hybridized carbons (Fsp3) is 0.692. The van der Waals surface area contributed by atoms with Crippen molar-refractivity contribution < 1.29 is 0 Å². The normalized spacial score (nSPS) is 28.2. The van der Waals surface area contributed by atoms with Crippen molar-refractivity contribution in [3.8, 4) is 0 Å². The number of halogens is 1. The topological polar surface area (TPSA) is 29.3 Å². The van der Waals surface area contributed by atoms with Crippen LogP contribution in [-0.4, -0.2) is 24.0 Å². The molecule has 17 heavy (non-hydrogen) atoms. The third kappa shape index (κ3) is 2.84. The molecule has 1 aromatic heterocycles. The van der Waals surface area contributed by atoms with Crippen molar-refractivity contribution in [3.05, 3.63) is 21.3 Å². The molecule has 0 amide bonds. The van der Waals surface area contributed by atoms with Crippen LogP contribution >= 0.6 is 22.9 Å². The average molecular weight is 273 g/mol. The van der Waals surface area contributed by atoms with Gasteiger partial charge in [0, 0.05) is 17.5 Å². The summed E-state index contributed by atoms with van der Waals surface area (Å²) in [7, 11) is 0. The van der Waals surface area contributed by atoms with Gasteiger partial charge in [-0.15, -0.1) is 11.3 Å². The fourth-order valence-electron chi connectivity index (χ4n) is 2.73. The van der Waals surface area contributed by atoms with Crippen LogP contribution in [0.15, 0.2) is 12.1 Å². The molecule has 96 valence electrons. The first-order valence-electron chi connectivity index (χ1n) is 6.34. The summed E-state index contributed by atoms with van der Waals surface area (Å²) < 4.78 is 0.858. The second-order valence-corrected chi connectivity index (χ2v) is 6.74. The monoisotopic (exact) mass is 272 g/mol. The minimum absolute atomic E-state index is 0.338. The van der Waals surface area contributed by atoms with Gasteiger partial charge in [-0.3, -0.25) is 4.90 Å². The second kappa shape index (κ2) is 5.70. The Kier molecular flexibility index (Phi) is 4.47. The number of likely N-dealkylation sites (tertiary alicyclic amines) is 1. The molecular formula is C13H21ClN2S. The molecule has 1 aromatic rings. The molecule has 0 radical (unpaired) electrons. The Morgan fingerprint density at radius 2 is 2.29 bits per heavy atom. The Morgan fingerprint density at radius 3 is 2.88 bits per heavy atom. The minimum atomic E-state index is 0.338. The van der Waals surface area contributed by atoms with Crippen molar-refractivity contribution in [1.29, 1.82) is 0 Å². The van der Waals surface area contributed by atoms with Crippen molar-refractivity contribution in [3.63, 3.8) is 0 Å². The Balaban J connectivity index is 2.17. The van der Waals surface area contributed by atoms with Crippen LogP contribution in [0, 0.1) is 5.92 Å². The zero-order chi connectivity index (χ0) is 12.4. The molecule has 0 aromatic carbocycles. The Morgan fingerprint density at radius 1 is 1.53 bits per heavy atom. The number of hydrogen-bond donors (Lipinski definition) is 1. The molecule has 0 bridgehead atoms. The lowest BCUT2D eigenvalue weighted by Gasteiger charge is -2.42. The summed E-state index contributed by atoms with van der Waals surface area (Å²) in [5.74, 6) is 0.758. The Hall–Kier alpha value is -0.0900. The summed E-state index contributed by atoms with van der Waals surface area (Å²) in [6, 6.07) is 5.04. The van der Waals surface area contributed by atoms with Gasteiger partial charge in [-0.2, -0.15) is 0 Å². The van der Waals surface area contributed by atoms with Gasteiger partial charge in [-0.05, 0) is 44.4 Å². The van der Waals surface area contributed by atoms with Gasteiger partial charge >= 0.3 is 0 Å². The molecule has 2 heterocycles. The van der Waals surface area contributed by atoms with Gasteiger partial charge in [0.2, 0.25) is 0 Å². The van der Waals surface area contributed by atoms with Gasteiger partial charge in [-0.25, -0.2) is 0 Å². The fourth-order valence-corrected chi connectivity index (χ4v) is 3.92. The lowest BCUT2D eigenvalue weighted by atomic mass is 9.90. The van der Waals surface area contributed by atoms with Crippen LogP contribution < -0.4 is 5.73 Å². The molecular weight excluding hydrogens is 252 g/mol. The van der Waals surface area contributed by atoms with Gasteiger partial charge in [0.25, 0.3) is 0 Å². The van der Waals surface area contributed by atoms with Crippen molar-refractivity contribution in [1.82, 2.24) is 4.90 Å². The van der Waals surface area contributed by atoms with Crippen LogP contribution in [0.1, 0.15) is 37.6 Å². The lowest BCUT2D eigenvalue weighted by molar-refractivity contribution is 0.0724. The highest BCUT2D eigenvalue weighted by Crippen LogP contribution is 2.35. The van der Waals surface area contributed by atoms with E-state index in [-0.39, 0.29) is 0 Å². The van der Waals surface area contributed by atoms with Crippen molar-refractivity contribution >= 4 is 22.9 Å². The molecule has 4 heteroatoms. The van der Waals surface area contributed by atoms with E-state index in [1.54, 1.807) is 11.3 Å². The minimum Gasteiger partial charge on any atom is -0.329 e. The SMILES string of the molecule is CC1CCCN(C(CN)c2ccc(Cl)s2)C1C. The molecule has 1 aliphatic heterocycles. The summed E-state index contributed by atoms with van der Waals surface area (Å²) in [6.45, 7) is 6.49. The zero-order valence-corrected chi connectivity index (χ0v) is 12.1. The third-order valence-electron chi connectivity index (χ3n) is 3.97. The van der Waals surface area contributed by atoms with Crippen molar-refractivity contribution in [2.45, 2.75) is 38.8 Å². The number of rotatable bonds is 3. The van der Waals surface area contributed by atoms with Crippen LogP contribution in [-0.2, 0) is 0 Å². The van der Waals surface area contributed by atoms with E-state index >= 15 is 0 Å². The Labute approximate surface area is 113 Å². The average Bonchev–Trinajstić information content (AvgIpc) is 2.72. The van der Waals surface area contributed by atoms with E-state index in [9.17, 15) is 0 Å². The van der Waals surface area contributed by atoms with E-state index in [1.807, 2.05) is 6.07 Å². The van der Waals surface area contributed by atoms with Crippen LogP contribution in [0.5, 0.6) is 0 Å². The summed E-state index contributed by atoms with van der Waals surface area (Å²) in [4.78, 5) is 3.86. The van der Waals surface area contributed by atoms with Crippen LogP contribution in [0.3, 0.4) is 0 Å². The smallest absolute Gasteiger partial charge is 0.0931 e. The van der Waals surface area contributed by atoms with E-state index < -0.39 is 0 Å². The predicted octanol–water partition coefficient (Wildman–Crippen LogP) is 3.52. The largest absolute Gasteiger partial charge is 0.329 e. The summed E-state index contributed by atoms with van der Waals surface area (Å²) in [6.07, 6.45) is 2.61. The molecule has 3 unspecified atom stereocenters. The van der Waals surface area contributed by atoms with Crippen molar-refractivity contribution in [2.75, 3.05) is 13.1 Å². The zero-order valence-electron chi connectivity index (χ0n) is 10.5. The third-order valence-corrected chi connectivity index (χ3v) is 5.30.